The van der Waals surface area contributed by atoms with Crippen LogP contribution in [0.15, 0.2) is 0 Å². The molecular weight excluding hydrogens is 182 g/mol. The summed E-state index contributed by atoms with van der Waals surface area (Å²) in [7, 11) is 0. The Morgan fingerprint density at radius 3 is 2.54 bits per heavy atom. The normalized spacial score (nSPS) is 13.6. The van der Waals surface area contributed by atoms with E-state index in [2.05, 4.69) is 26.1 Å². The Labute approximate surface area is 86.5 Å². The van der Waals surface area contributed by atoms with Crippen molar-refractivity contribution in [1.29, 1.82) is 0 Å². The van der Waals surface area contributed by atoms with Crippen molar-refractivity contribution in [2.75, 3.05) is 24.7 Å². The number of aliphatic hydroxyl groups excluding tert-OH is 1. The summed E-state index contributed by atoms with van der Waals surface area (Å²) in [6, 6.07) is 0.280. The minimum absolute atomic E-state index is 0.252. The Kier molecular flexibility index (Phi) is 9.03. The van der Waals surface area contributed by atoms with E-state index in [1.54, 1.807) is 0 Å². The summed E-state index contributed by atoms with van der Waals surface area (Å²) in [5.74, 6) is 3.02. The van der Waals surface area contributed by atoms with Crippen LogP contribution in [-0.2, 0) is 0 Å². The van der Waals surface area contributed by atoms with Crippen LogP contribution in [0.2, 0.25) is 0 Å². The summed E-state index contributed by atoms with van der Waals surface area (Å²) in [4.78, 5) is 0. The lowest BCUT2D eigenvalue weighted by molar-refractivity contribution is 0.255. The van der Waals surface area contributed by atoms with E-state index in [0.29, 0.717) is 0 Å². The SMILES string of the molecule is CCNC(CO)CSCCC(C)C. The van der Waals surface area contributed by atoms with E-state index in [1.165, 1.54) is 12.2 Å². The van der Waals surface area contributed by atoms with E-state index in [4.69, 9.17) is 5.11 Å². The van der Waals surface area contributed by atoms with Gasteiger partial charge in [0.15, 0.2) is 0 Å². The van der Waals surface area contributed by atoms with Crippen LogP contribution >= 0.6 is 11.8 Å². The quantitative estimate of drug-likeness (QED) is 0.592. The van der Waals surface area contributed by atoms with Crippen LogP contribution in [0.3, 0.4) is 0 Å². The van der Waals surface area contributed by atoms with Gasteiger partial charge in [-0.05, 0) is 24.6 Å². The van der Waals surface area contributed by atoms with Gasteiger partial charge in [0, 0.05) is 11.8 Å². The van der Waals surface area contributed by atoms with Gasteiger partial charge < -0.3 is 10.4 Å². The van der Waals surface area contributed by atoms with Crippen molar-refractivity contribution in [1.82, 2.24) is 5.32 Å². The zero-order chi connectivity index (χ0) is 10.1. The number of likely N-dealkylation sites (N-methyl/N-ethyl adjacent to an activating group) is 1. The molecule has 0 aliphatic rings. The summed E-state index contributed by atoms with van der Waals surface area (Å²) in [5, 5.41) is 12.2. The van der Waals surface area contributed by atoms with Crippen LogP contribution in [0.4, 0.5) is 0 Å². The molecule has 80 valence electrons. The third-order valence-electron chi connectivity index (χ3n) is 1.87. The summed E-state index contributed by atoms with van der Waals surface area (Å²) in [6.07, 6.45) is 1.27. The molecule has 0 saturated heterocycles. The highest BCUT2D eigenvalue weighted by Gasteiger charge is 2.04. The maximum Gasteiger partial charge on any atom is 0.0592 e. The van der Waals surface area contributed by atoms with Crippen molar-refractivity contribution < 1.29 is 5.11 Å². The van der Waals surface area contributed by atoms with Crippen molar-refractivity contribution >= 4 is 11.8 Å². The number of thioether (sulfide) groups is 1. The Bertz CT molecular complexity index is 109. The molecule has 0 radical (unpaired) electrons. The predicted octanol–water partition coefficient (Wildman–Crippen LogP) is 1.74. The fraction of sp³-hybridized carbons (Fsp3) is 1.00. The molecule has 0 aromatic carbocycles. The molecule has 0 amide bonds. The molecule has 1 atom stereocenters. The average Bonchev–Trinajstić information content (AvgIpc) is 2.10. The first kappa shape index (κ1) is 13.3. The Morgan fingerprint density at radius 1 is 1.38 bits per heavy atom. The number of nitrogens with one attached hydrogen (secondary N) is 1. The summed E-state index contributed by atoms with van der Waals surface area (Å²) < 4.78 is 0. The van der Waals surface area contributed by atoms with Crippen molar-refractivity contribution in [3.05, 3.63) is 0 Å². The fourth-order valence-corrected chi connectivity index (χ4v) is 2.32. The third-order valence-corrected chi connectivity index (χ3v) is 3.03. The Hall–Kier alpha value is 0.270. The molecule has 1 unspecified atom stereocenters. The van der Waals surface area contributed by atoms with E-state index < -0.39 is 0 Å². The maximum absolute atomic E-state index is 8.99. The lowest BCUT2D eigenvalue weighted by atomic mass is 10.2. The molecular formula is C10H23NOS. The topological polar surface area (TPSA) is 32.3 Å². The van der Waals surface area contributed by atoms with Crippen LogP contribution < -0.4 is 5.32 Å². The second-order valence-electron chi connectivity index (χ2n) is 3.69. The molecule has 0 saturated carbocycles. The molecule has 0 fully saturated rings. The maximum atomic E-state index is 8.99. The Morgan fingerprint density at radius 2 is 2.08 bits per heavy atom. The molecule has 0 heterocycles. The number of aliphatic hydroxyl groups is 1. The first-order chi connectivity index (χ1) is 6.20. The summed E-state index contributed by atoms with van der Waals surface area (Å²) in [5.41, 5.74) is 0. The standard InChI is InChI=1S/C10H23NOS/c1-4-11-10(7-12)8-13-6-5-9(2)3/h9-12H,4-8H2,1-3H3. The van der Waals surface area contributed by atoms with Crippen molar-refractivity contribution in [3.63, 3.8) is 0 Å². The Balaban J connectivity index is 3.27. The molecule has 0 aliphatic carbocycles. The van der Waals surface area contributed by atoms with E-state index in [1.807, 2.05) is 11.8 Å². The molecule has 0 aromatic heterocycles. The molecule has 0 bridgehead atoms. The molecule has 13 heavy (non-hydrogen) atoms. The van der Waals surface area contributed by atoms with E-state index in [0.717, 1.165) is 18.2 Å². The van der Waals surface area contributed by atoms with E-state index >= 15 is 0 Å². The van der Waals surface area contributed by atoms with Crippen molar-refractivity contribution in [3.8, 4) is 0 Å². The average molecular weight is 205 g/mol. The van der Waals surface area contributed by atoms with Gasteiger partial charge in [-0.15, -0.1) is 0 Å². The first-order valence-electron chi connectivity index (χ1n) is 5.12. The van der Waals surface area contributed by atoms with Gasteiger partial charge in [-0.2, -0.15) is 11.8 Å². The van der Waals surface area contributed by atoms with Gasteiger partial charge >= 0.3 is 0 Å². The van der Waals surface area contributed by atoms with Crippen LogP contribution in [0, 0.1) is 5.92 Å². The molecule has 0 aliphatic heterocycles. The molecule has 0 aromatic rings. The third kappa shape index (κ3) is 8.60. The minimum Gasteiger partial charge on any atom is -0.395 e. The second-order valence-corrected chi connectivity index (χ2v) is 4.84. The number of hydrogen-bond donors (Lipinski definition) is 2. The van der Waals surface area contributed by atoms with Crippen molar-refractivity contribution in [2.24, 2.45) is 5.92 Å². The van der Waals surface area contributed by atoms with Gasteiger partial charge in [0.1, 0.15) is 0 Å². The second kappa shape index (κ2) is 8.85. The molecule has 2 nitrogen and oxygen atoms in total. The monoisotopic (exact) mass is 205 g/mol. The molecule has 0 rings (SSSR count). The van der Waals surface area contributed by atoms with Gasteiger partial charge in [0.25, 0.3) is 0 Å². The minimum atomic E-state index is 0.252. The van der Waals surface area contributed by atoms with Crippen molar-refractivity contribution in [2.45, 2.75) is 33.2 Å². The van der Waals surface area contributed by atoms with Gasteiger partial charge in [-0.25, -0.2) is 0 Å². The highest BCUT2D eigenvalue weighted by molar-refractivity contribution is 7.99. The lowest BCUT2D eigenvalue weighted by Crippen LogP contribution is -2.34. The molecule has 0 spiro atoms. The zero-order valence-electron chi connectivity index (χ0n) is 9.05. The molecule has 2 N–H and O–H groups in total. The predicted molar refractivity (Wildman–Crippen MR) is 61.3 cm³/mol. The van der Waals surface area contributed by atoms with Gasteiger partial charge in [0.05, 0.1) is 6.61 Å². The van der Waals surface area contributed by atoms with Crippen LogP contribution in [0.25, 0.3) is 0 Å². The summed E-state index contributed by atoms with van der Waals surface area (Å²) in [6.45, 7) is 7.75. The van der Waals surface area contributed by atoms with Crippen LogP contribution in [0.1, 0.15) is 27.2 Å². The first-order valence-corrected chi connectivity index (χ1v) is 6.28. The smallest absolute Gasteiger partial charge is 0.0592 e. The summed E-state index contributed by atoms with van der Waals surface area (Å²) >= 11 is 1.93. The van der Waals surface area contributed by atoms with Gasteiger partial charge in [-0.3, -0.25) is 0 Å². The highest BCUT2D eigenvalue weighted by atomic mass is 32.2. The van der Waals surface area contributed by atoms with Crippen LogP contribution in [0.5, 0.6) is 0 Å². The fourth-order valence-electron chi connectivity index (χ4n) is 1.01. The number of hydrogen-bond acceptors (Lipinski definition) is 3. The largest absolute Gasteiger partial charge is 0.395 e. The van der Waals surface area contributed by atoms with E-state index in [9.17, 15) is 0 Å². The van der Waals surface area contributed by atoms with Gasteiger partial charge in [0.2, 0.25) is 0 Å². The lowest BCUT2D eigenvalue weighted by Gasteiger charge is -2.14. The number of rotatable bonds is 8. The molecule has 3 heteroatoms. The van der Waals surface area contributed by atoms with E-state index in [-0.39, 0.29) is 12.6 Å². The zero-order valence-corrected chi connectivity index (χ0v) is 9.86. The highest BCUT2D eigenvalue weighted by Crippen LogP contribution is 2.09. The van der Waals surface area contributed by atoms with Crippen LogP contribution in [-0.4, -0.2) is 35.8 Å². The van der Waals surface area contributed by atoms with Gasteiger partial charge in [-0.1, -0.05) is 20.8 Å².